The largest absolute Gasteiger partial charge is 0.461 e. The van der Waals surface area contributed by atoms with Gasteiger partial charge in [-0.2, -0.15) is 0 Å². The Bertz CT molecular complexity index is 452. The molecule has 2 aliphatic rings. The maximum Gasteiger partial charge on any atom is 0.415 e. The highest BCUT2D eigenvalue weighted by atomic mass is 16.6. The van der Waals surface area contributed by atoms with Gasteiger partial charge in [0.1, 0.15) is 12.6 Å². The van der Waals surface area contributed by atoms with Crippen molar-refractivity contribution in [2.24, 2.45) is 0 Å². The Morgan fingerprint density at radius 3 is 2.89 bits per heavy atom. The number of esters is 2. The molecule has 0 spiro atoms. The number of rotatable bonds is 5. The number of carbonyl (C=O) groups is 3. The highest BCUT2D eigenvalue weighted by molar-refractivity contribution is 5.95. The summed E-state index contributed by atoms with van der Waals surface area (Å²) in [5.41, 5.74) is 0.980. The zero-order valence-electron chi connectivity index (χ0n) is 10.4. The minimum Gasteiger partial charge on any atom is -0.461 e. The maximum absolute atomic E-state index is 11.5. The Morgan fingerprint density at radius 1 is 1.42 bits per heavy atom. The number of ether oxygens (including phenoxy) is 2. The third-order valence-corrected chi connectivity index (χ3v) is 2.88. The zero-order valence-corrected chi connectivity index (χ0v) is 10.4. The molecule has 0 saturated carbocycles. The number of allylic oxidation sites excluding steroid dienone is 2. The number of hydrogen-bond acceptors (Lipinski definition) is 5. The molecule has 1 amide bonds. The number of alkyl carbamates (subject to hydrolysis) is 1. The lowest BCUT2D eigenvalue weighted by Gasteiger charge is -2.09. The molecule has 1 heterocycles. The van der Waals surface area contributed by atoms with Gasteiger partial charge in [-0.05, 0) is 24.8 Å². The molecule has 1 N–H and O–H groups in total. The number of cyclic esters (lactones) is 2. The summed E-state index contributed by atoms with van der Waals surface area (Å²) < 4.78 is 9.38. The topological polar surface area (TPSA) is 81.7 Å². The van der Waals surface area contributed by atoms with Crippen LogP contribution in [0.15, 0.2) is 23.8 Å². The van der Waals surface area contributed by atoms with Gasteiger partial charge in [-0.1, -0.05) is 18.2 Å². The van der Waals surface area contributed by atoms with Gasteiger partial charge in [-0.25, -0.2) is 9.59 Å². The fourth-order valence-corrected chi connectivity index (χ4v) is 1.86. The van der Waals surface area contributed by atoms with E-state index in [4.69, 9.17) is 4.74 Å². The minimum atomic E-state index is -0.763. The third-order valence-electron chi connectivity index (χ3n) is 2.88. The van der Waals surface area contributed by atoms with E-state index in [1.165, 1.54) is 0 Å². The first-order chi connectivity index (χ1) is 9.15. The Labute approximate surface area is 110 Å². The van der Waals surface area contributed by atoms with Gasteiger partial charge < -0.3 is 14.8 Å². The monoisotopic (exact) mass is 265 g/mol. The second-order valence-corrected chi connectivity index (χ2v) is 4.36. The van der Waals surface area contributed by atoms with Crippen LogP contribution in [0.3, 0.4) is 0 Å². The average Bonchev–Trinajstić information content (AvgIpc) is 2.73. The smallest absolute Gasteiger partial charge is 0.415 e. The first-order valence-electron chi connectivity index (χ1n) is 6.18. The molecular formula is C13H15NO5. The van der Waals surface area contributed by atoms with E-state index in [1.54, 1.807) is 0 Å². The Morgan fingerprint density at radius 2 is 2.26 bits per heavy atom. The highest BCUT2D eigenvalue weighted by Crippen LogP contribution is 2.11. The predicted octanol–water partition coefficient (Wildman–Crippen LogP) is 1.22. The third kappa shape index (κ3) is 3.94. The molecule has 19 heavy (non-hydrogen) atoms. The van der Waals surface area contributed by atoms with E-state index < -0.39 is 24.1 Å². The standard InChI is InChI=1S/C13H15NO5/c15-11(18-8-9-4-2-1-3-5-9)7-6-10-12(16)19-13(17)14-10/h2,4-5,10H,1,3,6-8H2,(H,14,17). The van der Waals surface area contributed by atoms with Crippen LogP contribution in [-0.4, -0.2) is 30.7 Å². The lowest BCUT2D eigenvalue weighted by atomic mass is 10.1. The van der Waals surface area contributed by atoms with Crippen LogP contribution in [0.4, 0.5) is 4.79 Å². The Hall–Kier alpha value is -2.11. The molecule has 6 nitrogen and oxygen atoms in total. The summed E-state index contributed by atoms with van der Waals surface area (Å²) in [5.74, 6) is -1.04. The fourth-order valence-electron chi connectivity index (χ4n) is 1.86. The molecular weight excluding hydrogens is 250 g/mol. The minimum absolute atomic E-state index is 0.0665. The number of nitrogens with one attached hydrogen (secondary N) is 1. The summed E-state index contributed by atoms with van der Waals surface area (Å²) in [6.45, 7) is 0.247. The summed E-state index contributed by atoms with van der Waals surface area (Å²) in [7, 11) is 0. The Balaban J connectivity index is 1.67. The van der Waals surface area contributed by atoms with Gasteiger partial charge in [0.05, 0.1) is 0 Å². The number of amides is 1. The van der Waals surface area contributed by atoms with E-state index in [0.717, 1.165) is 18.4 Å². The SMILES string of the molecule is O=C(CCC1NC(=O)OC1=O)OCC1=CCCC=C1. The van der Waals surface area contributed by atoms with Crippen molar-refractivity contribution in [1.82, 2.24) is 5.32 Å². The molecule has 0 aromatic carbocycles. The van der Waals surface area contributed by atoms with Crippen molar-refractivity contribution in [3.05, 3.63) is 23.8 Å². The summed E-state index contributed by atoms with van der Waals surface area (Å²) in [5, 5.41) is 2.32. The lowest BCUT2D eigenvalue weighted by Crippen LogP contribution is -2.29. The highest BCUT2D eigenvalue weighted by Gasteiger charge is 2.32. The van der Waals surface area contributed by atoms with Gasteiger partial charge in [-0.3, -0.25) is 4.79 Å². The molecule has 0 radical (unpaired) electrons. The molecule has 102 valence electrons. The molecule has 0 aromatic rings. The van der Waals surface area contributed by atoms with Gasteiger partial charge in [0.15, 0.2) is 0 Å². The Kier molecular flexibility index (Phi) is 4.33. The molecule has 6 heteroatoms. The second-order valence-electron chi connectivity index (χ2n) is 4.36. The van der Waals surface area contributed by atoms with Crippen molar-refractivity contribution in [2.75, 3.05) is 6.61 Å². The first kappa shape index (κ1) is 13.3. The van der Waals surface area contributed by atoms with Crippen LogP contribution in [0, 0.1) is 0 Å². The van der Waals surface area contributed by atoms with Crippen LogP contribution in [0.1, 0.15) is 25.7 Å². The zero-order chi connectivity index (χ0) is 13.7. The van der Waals surface area contributed by atoms with Crippen molar-refractivity contribution in [1.29, 1.82) is 0 Å². The van der Waals surface area contributed by atoms with Crippen molar-refractivity contribution < 1.29 is 23.9 Å². The van der Waals surface area contributed by atoms with Crippen LogP contribution < -0.4 is 5.32 Å². The van der Waals surface area contributed by atoms with Gasteiger partial charge in [0, 0.05) is 6.42 Å². The molecule has 1 atom stereocenters. The molecule has 2 rings (SSSR count). The second kappa shape index (κ2) is 6.17. The quantitative estimate of drug-likeness (QED) is 0.597. The van der Waals surface area contributed by atoms with Crippen LogP contribution in [0.5, 0.6) is 0 Å². The van der Waals surface area contributed by atoms with Crippen molar-refractivity contribution in [3.63, 3.8) is 0 Å². The van der Waals surface area contributed by atoms with E-state index >= 15 is 0 Å². The van der Waals surface area contributed by atoms with Crippen LogP contribution in [-0.2, 0) is 19.1 Å². The van der Waals surface area contributed by atoms with E-state index in [0.29, 0.717) is 0 Å². The number of carbonyl (C=O) groups excluding carboxylic acids is 3. The van der Waals surface area contributed by atoms with Gasteiger partial charge in [0.25, 0.3) is 0 Å². The summed E-state index contributed by atoms with van der Waals surface area (Å²) in [4.78, 5) is 33.4. The molecule has 1 fully saturated rings. The first-order valence-corrected chi connectivity index (χ1v) is 6.18. The maximum atomic E-state index is 11.5. The summed E-state index contributed by atoms with van der Waals surface area (Å²) >= 11 is 0. The van der Waals surface area contributed by atoms with Crippen molar-refractivity contribution in [2.45, 2.75) is 31.7 Å². The van der Waals surface area contributed by atoms with Crippen molar-refractivity contribution in [3.8, 4) is 0 Å². The van der Waals surface area contributed by atoms with E-state index in [1.807, 2.05) is 18.2 Å². The van der Waals surface area contributed by atoms with E-state index in [2.05, 4.69) is 10.1 Å². The molecule has 1 unspecified atom stereocenters. The van der Waals surface area contributed by atoms with Crippen LogP contribution in [0.25, 0.3) is 0 Å². The predicted molar refractivity (Wildman–Crippen MR) is 65.1 cm³/mol. The average molecular weight is 265 g/mol. The molecule has 0 aromatic heterocycles. The summed E-state index contributed by atoms with van der Waals surface area (Å²) in [6.07, 6.45) is 7.47. The van der Waals surface area contributed by atoms with Gasteiger partial charge >= 0.3 is 18.0 Å². The number of hydrogen-bond donors (Lipinski definition) is 1. The van der Waals surface area contributed by atoms with Crippen LogP contribution in [0.2, 0.25) is 0 Å². The van der Waals surface area contributed by atoms with E-state index in [-0.39, 0.29) is 19.4 Å². The van der Waals surface area contributed by atoms with Gasteiger partial charge in [-0.15, -0.1) is 0 Å². The van der Waals surface area contributed by atoms with Crippen molar-refractivity contribution >= 4 is 18.0 Å². The van der Waals surface area contributed by atoms with E-state index in [9.17, 15) is 14.4 Å². The fraction of sp³-hybridized carbons (Fsp3) is 0.462. The van der Waals surface area contributed by atoms with Gasteiger partial charge in [0.2, 0.25) is 0 Å². The van der Waals surface area contributed by atoms with Crippen LogP contribution >= 0.6 is 0 Å². The normalized spacial score (nSPS) is 21.7. The lowest BCUT2D eigenvalue weighted by molar-refractivity contribution is -0.143. The molecule has 1 aliphatic carbocycles. The molecule has 0 bridgehead atoms. The molecule has 1 saturated heterocycles. The summed E-state index contributed by atoms with van der Waals surface area (Å²) in [6, 6.07) is -0.742. The molecule has 1 aliphatic heterocycles.